The number of H-pyrrole nitrogens is 2. The molecule has 0 radical (unpaired) electrons. The molecule has 0 aliphatic carbocycles. The first-order valence-corrected chi connectivity index (χ1v) is 7.70. The van der Waals surface area contributed by atoms with Crippen molar-refractivity contribution in [2.45, 2.75) is 0 Å². The molecule has 0 unspecified atom stereocenters. The van der Waals surface area contributed by atoms with Gasteiger partial charge >= 0.3 is 0 Å². The highest BCUT2D eigenvalue weighted by atomic mass is 16.3. The van der Waals surface area contributed by atoms with Gasteiger partial charge in [-0.05, 0) is 30.3 Å². The average Bonchev–Trinajstić information content (AvgIpc) is 3.24. The smallest absolute Gasteiger partial charge is 0.135 e. The lowest BCUT2D eigenvalue weighted by molar-refractivity contribution is 0.473. The molecule has 25 heavy (non-hydrogen) atoms. The summed E-state index contributed by atoms with van der Waals surface area (Å²) in [7, 11) is 0. The van der Waals surface area contributed by atoms with E-state index in [-0.39, 0.29) is 5.75 Å². The molecular weight excluding hydrogens is 316 g/mol. The van der Waals surface area contributed by atoms with Crippen LogP contribution in [-0.4, -0.2) is 35.2 Å². The number of nitrogens with one attached hydrogen (secondary N) is 2. The molecule has 0 amide bonds. The molecule has 0 atom stereocenters. The molecule has 0 aliphatic heterocycles. The van der Waals surface area contributed by atoms with E-state index in [2.05, 4.69) is 25.1 Å². The Labute approximate surface area is 141 Å². The minimum absolute atomic E-state index is 0.106. The average molecular weight is 328 g/mol. The van der Waals surface area contributed by atoms with Crippen LogP contribution in [0.15, 0.2) is 55.1 Å². The van der Waals surface area contributed by atoms with Crippen molar-refractivity contribution in [1.29, 1.82) is 0 Å². The van der Waals surface area contributed by atoms with Crippen LogP contribution in [0.3, 0.4) is 0 Å². The summed E-state index contributed by atoms with van der Waals surface area (Å²) < 4.78 is 0. The molecule has 5 aromatic heterocycles. The van der Waals surface area contributed by atoms with Crippen LogP contribution in [0.1, 0.15) is 0 Å². The van der Waals surface area contributed by atoms with Gasteiger partial charge in [0.1, 0.15) is 17.0 Å². The van der Waals surface area contributed by atoms with Crippen LogP contribution in [0.2, 0.25) is 0 Å². The minimum atomic E-state index is 0.106. The Morgan fingerprint density at radius 3 is 2.76 bits per heavy atom. The van der Waals surface area contributed by atoms with E-state index in [4.69, 9.17) is 4.98 Å². The van der Waals surface area contributed by atoms with Crippen LogP contribution < -0.4 is 0 Å². The fraction of sp³-hybridized carbons (Fsp3) is 0. The number of aromatic hydroxyl groups is 1. The summed E-state index contributed by atoms with van der Waals surface area (Å²) in [5.74, 6) is 0.106. The second-order valence-electron chi connectivity index (χ2n) is 5.74. The first-order valence-electron chi connectivity index (χ1n) is 7.70. The third-order valence-electron chi connectivity index (χ3n) is 4.10. The highest BCUT2D eigenvalue weighted by Crippen LogP contribution is 2.29. The van der Waals surface area contributed by atoms with E-state index in [1.807, 2.05) is 24.3 Å². The van der Waals surface area contributed by atoms with Gasteiger partial charge in [-0.1, -0.05) is 0 Å². The second kappa shape index (κ2) is 5.13. The zero-order valence-electron chi connectivity index (χ0n) is 12.9. The lowest BCUT2D eigenvalue weighted by Crippen LogP contribution is -1.86. The molecule has 5 heterocycles. The van der Waals surface area contributed by atoms with Gasteiger partial charge in [0.2, 0.25) is 0 Å². The van der Waals surface area contributed by atoms with Crippen LogP contribution in [0.25, 0.3) is 44.6 Å². The predicted molar refractivity (Wildman–Crippen MR) is 93.9 cm³/mol. The lowest BCUT2D eigenvalue weighted by atomic mass is 10.1. The molecule has 5 aromatic rings. The maximum atomic E-state index is 9.64. The summed E-state index contributed by atoms with van der Waals surface area (Å²) in [6, 6.07) is 9.35. The largest absolute Gasteiger partial charge is 0.506 e. The Hall–Kier alpha value is -3.74. The van der Waals surface area contributed by atoms with Gasteiger partial charge in [-0.3, -0.25) is 15.1 Å². The van der Waals surface area contributed by atoms with Crippen LogP contribution >= 0.6 is 0 Å². The van der Waals surface area contributed by atoms with Crippen LogP contribution in [0, 0.1) is 0 Å². The molecule has 7 nitrogen and oxygen atoms in total. The summed E-state index contributed by atoms with van der Waals surface area (Å²) in [4.78, 5) is 16.2. The molecular formula is C18H12N6O. The Balaban J connectivity index is 1.70. The lowest BCUT2D eigenvalue weighted by Gasteiger charge is -2.01. The fourth-order valence-corrected chi connectivity index (χ4v) is 2.92. The third kappa shape index (κ3) is 2.21. The Morgan fingerprint density at radius 2 is 1.88 bits per heavy atom. The number of fused-ring (bicyclic) bond motifs is 2. The van der Waals surface area contributed by atoms with Gasteiger partial charge < -0.3 is 10.1 Å². The Morgan fingerprint density at radius 1 is 0.920 bits per heavy atom. The predicted octanol–water partition coefficient (Wildman–Crippen LogP) is 3.27. The zero-order valence-corrected chi connectivity index (χ0v) is 12.9. The standard InChI is InChI=1S/C18H12N6O/c25-12-5-10(8-20-9-12)13-1-2-15-17(22-13)18(24-23-15)16-6-11-7-19-4-3-14(11)21-16/h1-9,21,25H,(H,23,24). The molecule has 0 aromatic carbocycles. The summed E-state index contributed by atoms with van der Waals surface area (Å²) >= 11 is 0. The first kappa shape index (κ1) is 13.7. The molecule has 120 valence electrons. The highest BCUT2D eigenvalue weighted by Gasteiger charge is 2.13. The van der Waals surface area contributed by atoms with Gasteiger partial charge in [0.05, 0.1) is 23.1 Å². The van der Waals surface area contributed by atoms with Crippen molar-refractivity contribution >= 4 is 21.9 Å². The van der Waals surface area contributed by atoms with Crippen molar-refractivity contribution in [3.05, 3.63) is 55.1 Å². The molecule has 0 saturated carbocycles. The molecule has 7 heteroatoms. The van der Waals surface area contributed by atoms with Crippen molar-refractivity contribution in [3.63, 3.8) is 0 Å². The molecule has 0 saturated heterocycles. The van der Waals surface area contributed by atoms with Gasteiger partial charge in [-0.25, -0.2) is 4.98 Å². The molecule has 5 rings (SSSR count). The summed E-state index contributed by atoms with van der Waals surface area (Å²) in [5, 5.41) is 18.1. The SMILES string of the molecule is Oc1cncc(-c2ccc3[nH]nc(-c4cc5cnccc5[nH]4)c3n2)c1. The van der Waals surface area contributed by atoms with Gasteiger partial charge in [-0.15, -0.1) is 0 Å². The van der Waals surface area contributed by atoms with E-state index in [0.717, 1.165) is 44.6 Å². The minimum Gasteiger partial charge on any atom is -0.506 e. The van der Waals surface area contributed by atoms with Crippen LogP contribution in [0.5, 0.6) is 5.75 Å². The summed E-state index contributed by atoms with van der Waals surface area (Å²) in [5.41, 5.74) is 5.65. The molecule has 0 spiro atoms. The number of aromatic nitrogens is 6. The van der Waals surface area contributed by atoms with Gasteiger partial charge in [0.25, 0.3) is 0 Å². The number of nitrogens with zero attached hydrogens (tertiary/aromatic N) is 4. The summed E-state index contributed by atoms with van der Waals surface area (Å²) in [6.45, 7) is 0. The monoisotopic (exact) mass is 328 g/mol. The van der Waals surface area contributed by atoms with E-state index in [1.54, 1.807) is 24.7 Å². The van der Waals surface area contributed by atoms with Crippen molar-refractivity contribution in [3.8, 4) is 28.4 Å². The topological polar surface area (TPSA) is 103 Å². The van der Waals surface area contributed by atoms with E-state index in [0.29, 0.717) is 0 Å². The van der Waals surface area contributed by atoms with E-state index in [9.17, 15) is 5.11 Å². The molecule has 0 fully saturated rings. The van der Waals surface area contributed by atoms with Crippen molar-refractivity contribution < 1.29 is 5.11 Å². The maximum Gasteiger partial charge on any atom is 0.135 e. The maximum absolute atomic E-state index is 9.64. The number of hydrogen-bond acceptors (Lipinski definition) is 5. The number of pyridine rings is 3. The Bertz CT molecular complexity index is 1190. The van der Waals surface area contributed by atoms with E-state index >= 15 is 0 Å². The zero-order chi connectivity index (χ0) is 16.8. The van der Waals surface area contributed by atoms with Gasteiger partial charge in [0.15, 0.2) is 0 Å². The van der Waals surface area contributed by atoms with Crippen molar-refractivity contribution in [1.82, 2.24) is 30.1 Å². The summed E-state index contributed by atoms with van der Waals surface area (Å²) in [6.07, 6.45) is 6.62. The molecule has 0 bridgehead atoms. The number of aromatic amines is 2. The normalized spacial score (nSPS) is 11.4. The highest BCUT2D eigenvalue weighted by molar-refractivity contribution is 5.94. The number of rotatable bonds is 2. The fourth-order valence-electron chi connectivity index (χ4n) is 2.92. The molecule has 0 aliphatic rings. The molecule has 3 N–H and O–H groups in total. The third-order valence-corrected chi connectivity index (χ3v) is 4.10. The van der Waals surface area contributed by atoms with Gasteiger partial charge in [-0.2, -0.15) is 5.10 Å². The first-order chi connectivity index (χ1) is 12.3. The van der Waals surface area contributed by atoms with Crippen molar-refractivity contribution in [2.75, 3.05) is 0 Å². The van der Waals surface area contributed by atoms with Crippen LogP contribution in [-0.2, 0) is 0 Å². The van der Waals surface area contributed by atoms with Gasteiger partial charge in [0, 0.05) is 35.1 Å². The Kier molecular flexibility index (Phi) is 2.81. The number of hydrogen-bond donors (Lipinski definition) is 3. The van der Waals surface area contributed by atoms with Crippen molar-refractivity contribution in [2.24, 2.45) is 0 Å². The van der Waals surface area contributed by atoms with E-state index < -0.39 is 0 Å². The quantitative estimate of drug-likeness (QED) is 0.461. The second-order valence-corrected chi connectivity index (χ2v) is 5.74. The van der Waals surface area contributed by atoms with E-state index in [1.165, 1.54) is 6.20 Å². The van der Waals surface area contributed by atoms with Crippen LogP contribution in [0.4, 0.5) is 0 Å².